The summed E-state index contributed by atoms with van der Waals surface area (Å²) in [5.41, 5.74) is 3.88. The smallest absolute Gasteiger partial charge is 0.225 e. The van der Waals surface area contributed by atoms with Gasteiger partial charge in [0.1, 0.15) is 5.82 Å². The maximum atomic E-state index is 13.1. The Morgan fingerprint density at radius 2 is 2.00 bits per heavy atom. The third-order valence-corrected chi connectivity index (χ3v) is 5.92. The van der Waals surface area contributed by atoms with Gasteiger partial charge in [-0.3, -0.25) is 9.48 Å². The van der Waals surface area contributed by atoms with Crippen LogP contribution in [0.25, 0.3) is 11.1 Å². The van der Waals surface area contributed by atoms with E-state index in [0.717, 1.165) is 41.8 Å². The van der Waals surface area contributed by atoms with E-state index in [1.165, 1.54) is 12.1 Å². The molecule has 1 fully saturated rings. The minimum atomic E-state index is -0.259. The number of likely N-dealkylation sites (tertiary alicyclic amines) is 1. The normalized spacial score (nSPS) is 16.2. The standard InChI is InChI=1S/C24H29FN6O/c1-29(2)24-26-14-21(19-13-27-30(3)15-19)23(28-24)18-5-4-12-31(16-18)22(32)11-8-17-6-9-20(25)10-7-17/h6-7,9-10,13-15,18H,4-5,8,11-12,16H2,1-3H3/t18-/m0/s1. The Hall–Kier alpha value is -3.29. The summed E-state index contributed by atoms with van der Waals surface area (Å²) in [6.45, 7) is 1.39. The second kappa shape index (κ2) is 9.46. The molecule has 0 aliphatic carbocycles. The van der Waals surface area contributed by atoms with Crippen LogP contribution in [0.2, 0.25) is 0 Å². The molecule has 0 saturated carbocycles. The summed E-state index contributed by atoms with van der Waals surface area (Å²) in [5.74, 6) is 0.664. The van der Waals surface area contributed by atoms with E-state index >= 15 is 0 Å². The molecule has 0 bridgehead atoms. The molecule has 1 saturated heterocycles. The summed E-state index contributed by atoms with van der Waals surface area (Å²) >= 11 is 0. The van der Waals surface area contributed by atoms with Gasteiger partial charge in [0, 0.05) is 70.1 Å². The molecule has 0 spiro atoms. The van der Waals surface area contributed by atoms with Crippen LogP contribution >= 0.6 is 0 Å². The third kappa shape index (κ3) is 4.95. The number of hydrogen-bond acceptors (Lipinski definition) is 5. The highest BCUT2D eigenvalue weighted by Gasteiger charge is 2.28. The molecule has 1 aliphatic heterocycles. The Kier molecular flexibility index (Phi) is 6.48. The van der Waals surface area contributed by atoms with E-state index in [1.54, 1.807) is 16.8 Å². The number of piperidine rings is 1. The van der Waals surface area contributed by atoms with Gasteiger partial charge in [-0.1, -0.05) is 12.1 Å². The third-order valence-electron chi connectivity index (χ3n) is 5.92. The Morgan fingerprint density at radius 1 is 1.22 bits per heavy atom. The van der Waals surface area contributed by atoms with Crippen LogP contribution < -0.4 is 4.90 Å². The molecule has 1 atom stereocenters. The monoisotopic (exact) mass is 436 g/mol. The summed E-state index contributed by atoms with van der Waals surface area (Å²) in [6.07, 6.45) is 8.58. The Morgan fingerprint density at radius 3 is 2.69 bits per heavy atom. The minimum Gasteiger partial charge on any atom is -0.347 e. The number of rotatable bonds is 6. The molecule has 7 nitrogen and oxygen atoms in total. The number of carbonyl (C=O) groups is 1. The van der Waals surface area contributed by atoms with Crippen molar-refractivity contribution in [2.75, 3.05) is 32.1 Å². The molecule has 0 unspecified atom stereocenters. The van der Waals surface area contributed by atoms with Gasteiger partial charge in [-0.15, -0.1) is 0 Å². The average Bonchev–Trinajstić information content (AvgIpc) is 3.24. The second-order valence-corrected chi connectivity index (χ2v) is 8.57. The summed E-state index contributed by atoms with van der Waals surface area (Å²) < 4.78 is 14.9. The van der Waals surface area contributed by atoms with E-state index in [-0.39, 0.29) is 17.6 Å². The highest BCUT2D eigenvalue weighted by Crippen LogP contribution is 2.34. The van der Waals surface area contributed by atoms with E-state index in [4.69, 9.17) is 4.98 Å². The molecule has 8 heteroatoms. The van der Waals surface area contributed by atoms with Gasteiger partial charge >= 0.3 is 0 Å². The van der Waals surface area contributed by atoms with Crippen molar-refractivity contribution < 1.29 is 9.18 Å². The minimum absolute atomic E-state index is 0.129. The highest BCUT2D eigenvalue weighted by molar-refractivity contribution is 5.77. The summed E-state index contributed by atoms with van der Waals surface area (Å²) in [5, 5.41) is 4.30. The van der Waals surface area contributed by atoms with Gasteiger partial charge in [0.15, 0.2) is 0 Å². The van der Waals surface area contributed by atoms with Crippen LogP contribution in [-0.4, -0.2) is 57.7 Å². The fraction of sp³-hybridized carbons (Fsp3) is 0.417. The van der Waals surface area contributed by atoms with Crippen molar-refractivity contribution in [3.63, 3.8) is 0 Å². The number of nitrogens with zero attached hydrogens (tertiary/aromatic N) is 6. The van der Waals surface area contributed by atoms with Crippen LogP contribution in [0.5, 0.6) is 0 Å². The molecule has 1 aromatic carbocycles. The zero-order chi connectivity index (χ0) is 22.7. The average molecular weight is 437 g/mol. The molecule has 0 radical (unpaired) electrons. The highest BCUT2D eigenvalue weighted by atomic mass is 19.1. The lowest BCUT2D eigenvalue weighted by Gasteiger charge is -2.33. The maximum absolute atomic E-state index is 13.1. The Balaban J connectivity index is 1.52. The zero-order valence-corrected chi connectivity index (χ0v) is 18.8. The number of anilines is 1. The predicted molar refractivity (Wildman–Crippen MR) is 122 cm³/mol. The van der Waals surface area contributed by atoms with Gasteiger partial charge < -0.3 is 9.80 Å². The largest absolute Gasteiger partial charge is 0.347 e. The zero-order valence-electron chi connectivity index (χ0n) is 18.8. The van der Waals surface area contributed by atoms with Crippen molar-refractivity contribution in [2.45, 2.75) is 31.6 Å². The first-order chi connectivity index (χ1) is 15.4. The van der Waals surface area contributed by atoms with Crippen LogP contribution in [0.3, 0.4) is 0 Å². The van der Waals surface area contributed by atoms with Gasteiger partial charge in [0.2, 0.25) is 11.9 Å². The number of aromatic nitrogens is 4. The lowest BCUT2D eigenvalue weighted by atomic mass is 9.90. The summed E-state index contributed by atoms with van der Waals surface area (Å²) in [7, 11) is 5.74. The van der Waals surface area contributed by atoms with Crippen molar-refractivity contribution in [3.05, 3.63) is 59.9 Å². The molecule has 2 aromatic heterocycles. The van der Waals surface area contributed by atoms with Crippen LogP contribution in [0, 0.1) is 5.82 Å². The van der Waals surface area contributed by atoms with Crippen molar-refractivity contribution in [1.29, 1.82) is 0 Å². The van der Waals surface area contributed by atoms with Gasteiger partial charge in [0.05, 0.1) is 11.9 Å². The van der Waals surface area contributed by atoms with Gasteiger partial charge in [-0.05, 0) is 37.0 Å². The molecule has 1 aliphatic rings. The molecular formula is C24H29FN6O. The number of halogens is 1. The number of carbonyl (C=O) groups excluding carboxylic acids is 1. The van der Waals surface area contributed by atoms with Crippen molar-refractivity contribution >= 4 is 11.9 Å². The van der Waals surface area contributed by atoms with Crippen molar-refractivity contribution in [2.24, 2.45) is 7.05 Å². The SMILES string of the molecule is CN(C)c1ncc(-c2cnn(C)c2)c([C@H]2CCCN(C(=O)CCc3ccc(F)cc3)C2)n1. The van der Waals surface area contributed by atoms with Gasteiger partial charge in [-0.25, -0.2) is 14.4 Å². The molecule has 1 amide bonds. The number of hydrogen-bond donors (Lipinski definition) is 0. The van der Waals surface area contributed by atoms with Gasteiger partial charge in [-0.2, -0.15) is 5.10 Å². The fourth-order valence-electron chi connectivity index (χ4n) is 4.18. The van der Waals surface area contributed by atoms with Crippen molar-refractivity contribution in [1.82, 2.24) is 24.6 Å². The maximum Gasteiger partial charge on any atom is 0.225 e. The number of aryl methyl sites for hydroxylation is 2. The Bertz CT molecular complexity index is 1080. The van der Waals surface area contributed by atoms with Crippen LogP contribution in [0.15, 0.2) is 42.9 Å². The van der Waals surface area contributed by atoms with E-state index in [9.17, 15) is 9.18 Å². The molecule has 3 heterocycles. The topological polar surface area (TPSA) is 67.2 Å². The summed E-state index contributed by atoms with van der Waals surface area (Å²) in [6, 6.07) is 6.36. The van der Waals surface area contributed by atoms with Gasteiger partial charge in [0.25, 0.3) is 0 Å². The lowest BCUT2D eigenvalue weighted by molar-refractivity contribution is -0.132. The number of benzene rings is 1. The van der Waals surface area contributed by atoms with Crippen LogP contribution in [-0.2, 0) is 18.3 Å². The van der Waals surface area contributed by atoms with Crippen LogP contribution in [0.4, 0.5) is 10.3 Å². The number of amides is 1. The second-order valence-electron chi connectivity index (χ2n) is 8.57. The molecule has 168 valence electrons. The first-order valence-corrected chi connectivity index (χ1v) is 11.0. The quantitative estimate of drug-likeness (QED) is 0.592. The van der Waals surface area contributed by atoms with Crippen molar-refractivity contribution in [3.8, 4) is 11.1 Å². The fourth-order valence-corrected chi connectivity index (χ4v) is 4.18. The molecule has 32 heavy (non-hydrogen) atoms. The van der Waals surface area contributed by atoms with E-state index in [2.05, 4.69) is 10.1 Å². The van der Waals surface area contributed by atoms with Crippen LogP contribution in [0.1, 0.15) is 36.4 Å². The first-order valence-electron chi connectivity index (χ1n) is 11.0. The van der Waals surface area contributed by atoms with E-state index < -0.39 is 0 Å². The molecule has 3 aromatic rings. The van der Waals surface area contributed by atoms with E-state index in [0.29, 0.717) is 25.3 Å². The molecular weight excluding hydrogens is 407 g/mol. The Labute approximate surface area is 187 Å². The van der Waals surface area contributed by atoms with E-state index in [1.807, 2.05) is 49.5 Å². The first kappa shape index (κ1) is 21.9. The molecule has 0 N–H and O–H groups in total. The predicted octanol–water partition coefficient (Wildman–Crippen LogP) is 3.42. The lowest BCUT2D eigenvalue weighted by Crippen LogP contribution is -2.39. The summed E-state index contributed by atoms with van der Waals surface area (Å²) in [4.78, 5) is 26.2. The molecule has 4 rings (SSSR count).